The number of aryl methyl sites for hydroxylation is 1. The lowest BCUT2D eigenvalue weighted by molar-refractivity contribution is -0.122. The van der Waals surface area contributed by atoms with Gasteiger partial charge in [0.2, 0.25) is 0 Å². The Kier molecular flexibility index (Phi) is 6.78. The van der Waals surface area contributed by atoms with Crippen molar-refractivity contribution in [2.75, 3.05) is 12.0 Å². The minimum absolute atomic E-state index is 0.0244. The van der Waals surface area contributed by atoms with Gasteiger partial charge in [-0.1, -0.05) is 12.1 Å². The van der Waals surface area contributed by atoms with Gasteiger partial charge in [0.05, 0.1) is 23.9 Å². The highest BCUT2D eigenvalue weighted by atomic mass is 32.1. The lowest BCUT2D eigenvalue weighted by Gasteiger charge is -2.29. The summed E-state index contributed by atoms with van der Waals surface area (Å²) in [5, 5.41) is 11.7. The average molecular weight is 518 g/mol. The van der Waals surface area contributed by atoms with Crippen LogP contribution >= 0.6 is 12.2 Å². The predicted molar refractivity (Wildman–Crippen MR) is 141 cm³/mol. The van der Waals surface area contributed by atoms with Gasteiger partial charge in [0, 0.05) is 17.1 Å². The molecule has 1 aromatic heterocycles. The lowest BCUT2D eigenvalue weighted by atomic mass is 10.1. The largest absolute Gasteiger partial charge is 0.478 e. The molecular formula is C27H23N3O6S. The number of methoxy groups -OCH3 is 1. The monoisotopic (exact) mass is 517 g/mol. The zero-order valence-electron chi connectivity index (χ0n) is 20.5. The highest BCUT2D eigenvalue weighted by Gasteiger charge is 2.35. The summed E-state index contributed by atoms with van der Waals surface area (Å²) < 4.78 is 6.81. The number of rotatable bonds is 5. The second-order valence-electron chi connectivity index (χ2n) is 8.42. The SMILES string of the molecule is COC(=O)c1cccc(-n2c(C)cc(C=C3C(=O)NC(=S)N(c4cccc(C(=O)O)c4)C3=O)c2C)c1C. The standard InChI is InChI=1S/C27H23N3O6S/c1-14-11-18(16(3)29(14)22-10-6-9-20(15(22)2)26(35)36-4)13-21-23(31)28-27(37)30(24(21)32)19-8-5-7-17(12-19)25(33)34/h5-13H,1-4H3,(H,33,34)(H,28,31,37). The molecule has 1 fully saturated rings. The molecule has 3 aromatic rings. The molecule has 2 amide bonds. The van der Waals surface area contributed by atoms with E-state index in [2.05, 4.69) is 5.32 Å². The van der Waals surface area contributed by atoms with Crippen molar-refractivity contribution in [1.29, 1.82) is 0 Å². The van der Waals surface area contributed by atoms with Crippen molar-refractivity contribution >= 4 is 52.8 Å². The molecule has 0 aliphatic carbocycles. The number of carboxylic acid groups (broad SMARTS) is 1. The molecule has 188 valence electrons. The molecule has 9 nitrogen and oxygen atoms in total. The van der Waals surface area contributed by atoms with Crippen molar-refractivity contribution in [3.05, 3.63) is 87.7 Å². The number of nitrogens with zero attached hydrogens (tertiary/aromatic N) is 2. The number of ether oxygens (including phenoxy) is 1. The number of carbonyl (C=O) groups excluding carboxylic acids is 3. The number of aromatic nitrogens is 1. The summed E-state index contributed by atoms with van der Waals surface area (Å²) >= 11 is 5.22. The Morgan fingerprint density at radius 3 is 2.43 bits per heavy atom. The summed E-state index contributed by atoms with van der Waals surface area (Å²) in [6.45, 7) is 5.54. The normalized spacial score (nSPS) is 14.6. The zero-order chi connectivity index (χ0) is 27.0. The number of aromatic carboxylic acids is 1. The maximum Gasteiger partial charge on any atom is 0.338 e. The number of hydrogen-bond acceptors (Lipinski definition) is 6. The zero-order valence-corrected chi connectivity index (χ0v) is 21.3. The number of benzene rings is 2. The van der Waals surface area contributed by atoms with Gasteiger partial charge in [-0.05, 0) is 86.6 Å². The summed E-state index contributed by atoms with van der Waals surface area (Å²) in [5.74, 6) is -2.94. The van der Waals surface area contributed by atoms with E-state index in [1.807, 2.05) is 37.5 Å². The van der Waals surface area contributed by atoms with E-state index in [0.29, 0.717) is 11.1 Å². The molecule has 10 heteroatoms. The van der Waals surface area contributed by atoms with Crippen LogP contribution in [0.25, 0.3) is 11.8 Å². The van der Waals surface area contributed by atoms with E-state index >= 15 is 0 Å². The first-order valence-electron chi connectivity index (χ1n) is 11.2. The number of anilines is 1. The fourth-order valence-corrected chi connectivity index (χ4v) is 4.61. The molecule has 2 N–H and O–H groups in total. The molecule has 4 rings (SSSR count). The first-order valence-corrected chi connectivity index (χ1v) is 11.6. The van der Waals surface area contributed by atoms with Crippen molar-refractivity contribution in [2.45, 2.75) is 20.8 Å². The van der Waals surface area contributed by atoms with E-state index in [1.54, 1.807) is 12.1 Å². The van der Waals surface area contributed by atoms with E-state index in [0.717, 1.165) is 27.5 Å². The molecule has 1 aliphatic rings. The first kappa shape index (κ1) is 25.5. The summed E-state index contributed by atoms with van der Waals surface area (Å²) in [7, 11) is 1.32. The summed E-state index contributed by atoms with van der Waals surface area (Å²) in [5.41, 5.74) is 4.13. The number of hydrogen-bond donors (Lipinski definition) is 2. The van der Waals surface area contributed by atoms with Gasteiger partial charge in [-0.2, -0.15) is 0 Å². The Balaban J connectivity index is 1.78. The van der Waals surface area contributed by atoms with Gasteiger partial charge < -0.3 is 14.4 Å². The summed E-state index contributed by atoms with van der Waals surface area (Å²) in [6.07, 6.45) is 1.48. The van der Waals surface area contributed by atoms with E-state index in [1.165, 1.54) is 37.5 Å². The van der Waals surface area contributed by atoms with Gasteiger partial charge in [-0.3, -0.25) is 19.8 Å². The van der Waals surface area contributed by atoms with Gasteiger partial charge in [0.15, 0.2) is 5.11 Å². The van der Waals surface area contributed by atoms with Gasteiger partial charge in [0.25, 0.3) is 11.8 Å². The van der Waals surface area contributed by atoms with Crippen molar-refractivity contribution in [2.24, 2.45) is 0 Å². The van der Waals surface area contributed by atoms with Crippen molar-refractivity contribution < 1.29 is 29.0 Å². The van der Waals surface area contributed by atoms with Crippen molar-refractivity contribution in [3.63, 3.8) is 0 Å². The van der Waals surface area contributed by atoms with Crippen LogP contribution in [0, 0.1) is 20.8 Å². The molecule has 0 bridgehead atoms. The Morgan fingerprint density at radius 1 is 1.05 bits per heavy atom. The van der Waals surface area contributed by atoms with Crippen LogP contribution in [0.4, 0.5) is 5.69 Å². The van der Waals surface area contributed by atoms with Crippen LogP contribution in [0.5, 0.6) is 0 Å². The Hall–Kier alpha value is -4.57. The predicted octanol–water partition coefficient (Wildman–Crippen LogP) is 3.72. The van der Waals surface area contributed by atoms with Crippen molar-refractivity contribution in [3.8, 4) is 5.69 Å². The number of amides is 2. The highest BCUT2D eigenvalue weighted by molar-refractivity contribution is 7.80. The maximum atomic E-state index is 13.4. The molecule has 0 spiro atoms. The minimum Gasteiger partial charge on any atom is -0.478 e. The van der Waals surface area contributed by atoms with Crippen LogP contribution in [0.15, 0.2) is 54.1 Å². The molecule has 2 heterocycles. The highest BCUT2D eigenvalue weighted by Crippen LogP contribution is 2.28. The van der Waals surface area contributed by atoms with Crippen LogP contribution < -0.4 is 10.2 Å². The summed E-state index contributed by atoms with van der Waals surface area (Å²) in [4.78, 5) is 50.9. The number of carbonyl (C=O) groups is 4. The van der Waals surface area contributed by atoms with Crippen LogP contribution in [0.3, 0.4) is 0 Å². The van der Waals surface area contributed by atoms with E-state index in [-0.39, 0.29) is 21.9 Å². The topological polar surface area (TPSA) is 118 Å². The number of esters is 1. The van der Waals surface area contributed by atoms with Crippen LogP contribution in [0.2, 0.25) is 0 Å². The van der Waals surface area contributed by atoms with Crippen LogP contribution in [0.1, 0.15) is 43.2 Å². The number of carboxylic acids is 1. The van der Waals surface area contributed by atoms with Gasteiger partial charge >= 0.3 is 11.9 Å². The second-order valence-corrected chi connectivity index (χ2v) is 8.80. The molecule has 37 heavy (non-hydrogen) atoms. The Bertz CT molecular complexity index is 1530. The third-order valence-corrected chi connectivity index (χ3v) is 6.46. The average Bonchev–Trinajstić information content (AvgIpc) is 3.14. The smallest absolute Gasteiger partial charge is 0.338 e. The third kappa shape index (κ3) is 4.54. The third-order valence-electron chi connectivity index (χ3n) is 6.17. The summed E-state index contributed by atoms with van der Waals surface area (Å²) in [6, 6.07) is 12.9. The molecule has 0 atom stereocenters. The number of thiocarbonyl (C=S) groups is 1. The Labute approximate surface area is 218 Å². The second kappa shape index (κ2) is 9.82. The van der Waals surface area contributed by atoms with Gasteiger partial charge in [-0.15, -0.1) is 0 Å². The molecule has 0 unspecified atom stereocenters. The van der Waals surface area contributed by atoms with Gasteiger partial charge in [0.1, 0.15) is 5.57 Å². The molecule has 0 saturated carbocycles. The molecule has 0 radical (unpaired) electrons. The van der Waals surface area contributed by atoms with Crippen LogP contribution in [-0.2, 0) is 14.3 Å². The van der Waals surface area contributed by atoms with Crippen molar-refractivity contribution in [1.82, 2.24) is 9.88 Å². The van der Waals surface area contributed by atoms with E-state index in [9.17, 15) is 24.3 Å². The van der Waals surface area contributed by atoms with Gasteiger partial charge in [-0.25, -0.2) is 9.59 Å². The number of nitrogens with one attached hydrogen (secondary N) is 1. The van der Waals surface area contributed by atoms with E-state index in [4.69, 9.17) is 17.0 Å². The lowest BCUT2D eigenvalue weighted by Crippen LogP contribution is -2.54. The fraction of sp³-hybridized carbons (Fsp3) is 0.148. The quantitative estimate of drug-likeness (QED) is 0.229. The van der Waals surface area contributed by atoms with Crippen LogP contribution in [-0.4, -0.2) is 45.6 Å². The molecular weight excluding hydrogens is 494 g/mol. The molecule has 1 saturated heterocycles. The fourth-order valence-electron chi connectivity index (χ4n) is 4.33. The minimum atomic E-state index is -1.16. The first-order chi connectivity index (χ1) is 17.5. The maximum absolute atomic E-state index is 13.4. The molecule has 2 aromatic carbocycles. The van der Waals surface area contributed by atoms with E-state index < -0.39 is 23.8 Å². The Morgan fingerprint density at radius 2 is 1.76 bits per heavy atom. The molecule has 1 aliphatic heterocycles.